The summed E-state index contributed by atoms with van der Waals surface area (Å²) in [5.74, 6) is 1.48. The summed E-state index contributed by atoms with van der Waals surface area (Å²) < 4.78 is 10.7. The summed E-state index contributed by atoms with van der Waals surface area (Å²) >= 11 is 0. The largest absolute Gasteiger partial charge is 0.469 e. The third-order valence-corrected chi connectivity index (χ3v) is 5.64. The number of likely N-dealkylation sites (N-methyl/N-ethyl adjacent to an activating group) is 1. The summed E-state index contributed by atoms with van der Waals surface area (Å²) in [7, 11) is 1.75. The van der Waals surface area contributed by atoms with Crippen molar-refractivity contribution in [2.24, 2.45) is 0 Å². The Kier molecular flexibility index (Phi) is 7.40. The zero-order valence-corrected chi connectivity index (χ0v) is 20.0. The number of aromatic nitrogens is 2. The normalized spacial score (nSPS) is 11.7. The molecule has 1 N–H and O–H groups in total. The Morgan fingerprint density at radius 3 is 2.43 bits per heavy atom. The minimum absolute atomic E-state index is 0.0546. The fourth-order valence-electron chi connectivity index (χ4n) is 3.61. The molecule has 1 atom stereocenters. The van der Waals surface area contributed by atoms with E-state index >= 15 is 0 Å². The first-order valence-electron chi connectivity index (χ1n) is 11.5. The monoisotopic (exact) mass is 472 g/mol. The fourth-order valence-corrected chi connectivity index (χ4v) is 3.61. The van der Waals surface area contributed by atoms with Crippen molar-refractivity contribution in [3.05, 3.63) is 95.2 Å². The van der Waals surface area contributed by atoms with Crippen molar-refractivity contribution in [3.8, 4) is 11.5 Å². The van der Waals surface area contributed by atoms with Gasteiger partial charge in [-0.3, -0.25) is 9.59 Å². The lowest BCUT2D eigenvalue weighted by molar-refractivity contribution is 0.0795. The number of hydrogen-bond acceptors (Lipinski definition) is 6. The van der Waals surface area contributed by atoms with E-state index in [9.17, 15) is 9.59 Å². The van der Waals surface area contributed by atoms with Gasteiger partial charge in [0.25, 0.3) is 17.7 Å². The van der Waals surface area contributed by atoms with Crippen molar-refractivity contribution >= 4 is 11.8 Å². The number of nitrogens with zero attached hydrogens (tertiary/aromatic N) is 3. The van der Waals surface area contributed by atoms with Crippen molar-refractivity contribution < 1.29 is 18.5 Å². The Labute approximate surface area is 203 Å². The van der Waals surface area contributed by atoms with Crippen molar-refractivity contribution in [1.29, 1.82) is 0 Å². The van der Waals surface area contributed by atoms with Gasteiger partial charge < -0.3 is 19.2 Å². The van der Waals surface area contributed by atoms with Gasteiger partial charge in [0.1, 0.15) is 5.76 Å². The molecular formula is C27H28N4O4. The average molecular weight is 473 g/mol. The van der Waals surface area contributed by atoms with E-state index in [0.717, 1.165) is 11.3 Å². The number of aryl methyl sites for hydroxylation is 1. The maximum absolute atomic E-state index is 12.6. The fraction of sp³-hybridized carbons (Fsp3) is 0.259. The third kappa shape index (κ3) is 6.23. The molecule has 2 amide bonds. The number of amides is 2. The summed E-state index contributed by atoms with van der Waals surface area (Å²) in [5, 5.41) is 6.99. The second-order valence-corrected chi connectivity index (χ2v) is 8.59. The van der Waals surface area contributed by atoms with Crippen LogP contribution in [0.3, 0.4) is 0 Å². The summed E-state index contributed by atoms with van der Waals surface area (Å²) in [6.45, 7) is 4.38. The van der Waals surface area contributed by atoms with E-state index in [2.05, 4.69) is 15.5 Å². The lowest BCUT2D eigenvalue weighted by Gasteiger charge is -2.16. The molecule has 0 aliphatic heterocycles. The molecule has 8 heteroatoms. The average Bonchev–Trinajstić information content (AvgIpc) is 3.55. The quantitative estimate of drug-likeness (QED) is 0.389. The van der Waals surface area contributed by atoms with Crippen molar-refractivity contribution in [2.75, 3.05) is 13.6 Å². The van der Waals surface area contributed by atoms with Crippen LogP contribution in [0.25, 0.3) is 11.5 Å². The molecule has 0 aliphatic rings. The number of carbonyl (C=O) groups is 2. The molecule has 0 unspecified atom stereocenters. The van der Waals surface area contributed by atoms with Gasteiger partial charge in [0.05, 0.1) is 6.26 Å². The number of benzene rings is 2. The van der Waals surface area contributed by atoms with Gasteiger partial charge in [-0.05, 0) is 62.4 Å². The number of hydrogen-bond donors (Lipinski definition) is 1. The van der Waals surface area contributed by atoms with Crippen LogP contribution in [-0.4, -0.2) is 46.5 Å². The Morgan fingerprint density at radius 1 is 1.03 bits per heavy atom. The van der Waals surface area contributed by atoms with Crippen LogP contribution in [0.2, 0.25) is 0 Å². The lowest BCUT2D eigenvalue weighted by atomic mass is 10.1. The van der Waals surface area contributed by atoms with Gasteiger partial charge in [-0.1, -0.05) is 22.9 Å². The molecular weight excluding hydrogens is 444 g/mol. The predicted molar refractivity (Wildman–Crippen MR) is 131 cm³/mol. The third-order valence-electron chi connectivity index (χ3n) is 5.64. The standard InChI is InChI=1S/C27H28N4O4/c1-18-6-8-22(9-7-18)27(33)31(3)15-14-24-29-26(35-30-24)21-12-10-20(11-13-21)25(32)28-19(2)17-23-5-4-16-34-23/h4-13,16,19H,14-15,17H2,1-3H3,(H,28,32)/t19-/m1/s1. The van der Waals surface area contributed by atoms with Gasteiger partial charge in [-0.2, -0.15) is 4.98 Å². The Morgan fingerprint density at radius 2 is 1.74 bits per heavy atom. The molecule has 0 saturated heterocycles. The molecule has 35 heavy (non-hydrogen) atoms. The highest BCUT2D eigenvalue weighted by Crippen LogP contribution is 2.18. The second-order valence-electron chi connectivity index (χ2n) is 8.59. The van der Waals surface area contributed by atoms with Crippen molar-refractivity contribution in [3.63, 3.8) is 0 Å². The van der Waals surface area contributed by atoms with Crippen LogP contribution in [-0.2, 0) is 12.8 Å². The number of furan rings is 1. The van der Waals surface area contributed by atoms with Crippen LogP contribution < -0.4 is 5.32 Å². The molecule has 4 rings (SSSR count). The summed E-state index contributed by atoms with van der Waals surface area (Å²) in [5.41, 5.74) is 3.01. The van der Waals surface area contributed by atoms with Gasteiger partial charge in [-0.15, -0.1) is 0 Å². The highest BCUT2D eigenvalue weighted by Gasteiger charge is 2.15. The molecule has 0 bridgehead atoms. The molecule has 2 heterocycles. The van der Waals surface area contributed by atoms with Crippen molar-refractivity contribution in [1.82, 2.24) is 20.4 Å². The lowest BCUT2D eigenvalue weighted by Crippen LogP contribution is -2.33. The van der Waals surface area contributed by atoms with Crippen LogP contribution >= 0.6 is 0 Å². The molecule has 0 saturated carbocycles. The zero-order chi connectivity index (χ0) is 24.8. The topological polar surface area (TPSA) is 101 Å². The minimum Gasteiger partial charge on any atom is -0.469 e. The van der Waals surface area contributed by atoms with E-state index in [1.165, 1.54) is 0 Å². The number of carbonyl (C=O) groups excluding carboxylic acids is 2. The molecule has 0 radical (unpaired) electrons. The molecule has 0 aliphatic carbocycles. The van der Waals surface area contributed by atoms with Crippen LogP contribution in [0, 0.1) is 6.92 Å². The van der Waals surface area contributed by atoms with E-state index < -0.39 is 0 Å². The van der Waals surface area contributed by atoms with Gasteiger partial charge in [0.15, 0.2) is 5.82 Å². The van der Waals surface area contributed by atoms with Gasteiger partial charge in [0, 0.05) is 49.2 Å². The maximum Gasteiger partial charge on any atom is 0.257 e. The smallest absolute Gasteiger partial charge is 0.257 e. The molecule has 2 aromatic heterocycles. The highest BCUT2D eigenvalue weighted by molar-refractivity contribution is 5.95. The first-order valence-corrected chi connectivity index (χ1v) is 11.5. The summed E-state index contributed by atoms with van der Waals surface area (Å²) in [4.78, 5) is 31.2. The van der Waals surface area contributed by atoms with E-state index in [1.807, 2.05) is 50.2 Å². The van der Waals surface area contributed by atoms with E-state index in [1.54, 1.807) is 42.5 Å². The SMILES string of the molecule is Cc1ccc(C(=O)N(C)CCc2noc(-c3ccc(C(=O)N[C@H](C)Cc4ccco4)cc3)n2)cc1. The summed E-state index contributed by atoms with van der Waals surface area (Å²) in [6.07, 6.45) is 2.70. The van der Waals surface area contributed by atoms with Crippen LogP contribution in [0.1, 0.15) is 44.8 Å². The summed E-state index contributed by atoms with van der Waals surface area (Å²) in [6, 6.07) is 18.1. The van der Waals surface area contributed by atoms with Crippen molar-refractivity contribution in [2.45, 2.75) is 32.7 Å². The van der Waals surface area contributed by atoms with E-state index in [4.69, 9.17) is 8.94 Å². The predicted octanol–water partition coefficient (Wildman–Crippen LogP) is 4.31. The maximum atomic E-state index is 12.6. The Hall–Kier alpha value is -4.20. The Bertz CT molecular complexity index is 1260. The zero-order valence-electron chi connectivity index (χ0n) is 20.0. The van der Waals surface area contributed by atoms with E-state index in [-0.39, 0.29) is 17.9 Å². The molecule has 4 aromatic rings. The molecule has 180 valence electrons. The molecule has 2 aromatic carbocycles. The number of nitrogens with one attached hydrogen (secondary N) is 1. The van der Waals surface area contributed by atoms with Gasteiger partial charge in [0.2, 0.25) is 0 Å². The second kappa shape index (κ2) is 10.8. The molecule has 8 nitrogen and oxygen atoms in total. The molecule has 0 spiro atoms. The van der Waals surface area contributed by atoms with E-state index in [0.29, 0.717) is 47.8 Å². The number of rotatable bonds is 9. The first kappa shape index (κ1) is 23.9. The van der Waals surface area contributed by atoms with Crippen LogP contribution in [0.4, 0.5) is 0 Å². The molecule has 0 fully saturated rings. The minimum atomic E-state index is -0.164. The van der Waals surface area contributed by atoms with Gasteiger partial charge >= 0.3 is 0 Å². The van der Waals surface area contributed by atoms with Crippen LogP contribution in [0.15, 0.2) is 75.9 Å². The first-order chi connectivity index (χ1) is 16.9. The van der Waals surface area contributed by atoms with Crippen LogP contribution in [0.5, 0.6) is 0 Å². The Balaban J connectivity index is 1.30. The highest BCUT2D eigenvalue weighted by atomic mass is 16.5. The van der Waals surface area contributed by atoms with Gasteiger partial charge in [-0.25, -0.2) is 0 Å².